The molecule has 666 valence electrons. The topological polar surface area (TPSA) is 386 Å². The van der Waals surface area contributed by atoms with E-state index in [9.17, 15) is 30.7 Å². The lowest BCUT2D eigenvalue weighted by Crippen LogP contribution is -2.43. The monoisotopic (exact) mass is 1730 g/mol. The standard InChI is InChI=1S/C17H26N4O2.C16H21NO2.C14H20ClN3O3.C14H20ClN3O2.C14H22N4O2.C14H20N4O/c22-16(14-21-10-3-1-2-4-11-21)13-19-17(20-23)8-7-15-6-5-9-18-12-15;1-12(2)17-10-14(18)11-19-16-9-5-7-13-6-3-4-8-15(13)16;15-14(12-5-4-8-18(20)9-12)16-21-11-13(19)10-17-6-2-1-3-7-17;2*15-14(12-5-4-6-16-9-12)17-20-11-13(19)10-18-7-2-1-3-8-18;1-2-7-18(8-3-1)10-13-11-19-17-14(16-13)12-5-4-6-15-9-12/h5-9,12,16,22-23H,1-4,10-11,13-14H2,(H,19,20);3-9,12,14,17-18H,10-11H2,1-2H3;4-5,8-9,13,19H,1-3,6-7,10-11H2;4-6,9,13,19H,1-3,7-8,10-11H2;4-6,9,13,19H,1-3,7-8,10-11H2,(H2,15,17);4-6,9,13H,1-3,7-8,10-11H2,(H,16,17)/b8-7+;;16-14-;17-14-;;. The van der Waals surface area contributed by atoms with E-state index in [-0.39, 0.29) is 48.6 Å². The number of β-amino-alcohol motifs (C(OH)–C–C–N with tert-alkyl or cyclic N) is 4. The molecule has 7 aromatic rings. The Hall–Kier alpha value is -9.00. The molecule has 0 spiro atoms. The molecular formula is C89H129Cl2N19O12. The van der Waals surface area contributed by atoms with E-state index < -0.39 is 30.5 Å². The van der Waals surface area contributed by atoms with Crippen LogP contribution in [0.3, 0.4) is 0 Å². The molecule has 0 saturated carbocycles. The van der Waals surface area contributed by atoms with Gasteiger partial charge >= 0.3 is 0 Å². The van der Waals surface area contributed by atoms with Crippen molar-refractivity contribution in [3.05, 3.63) is 204 Å². The number of hydroxylamine groups is 2. The molecule has 11 heterocycles. The molecule has 6 unspecified atom stereocenters. The van der Waals surface area contributed by atoms with E-state index in [2.05, 4.69) is 107 Å². The minimum absolute atomic E-state index is 0.0803. The summed E-state index contributed by atoms with van der Waals surface area (Å²) in [6, 6.07) is 32.7. The highest BCUT2D eigenvalue weighted by atomic mass is 35.5. The number of rotatable bonds is 33. The van der Waals surface area contributed by atoms with Crippen LogP contribution >= 0.6 is 23.2 Å². The Morgan fingerprint density at radius 3 is 1.56 bits per heavy atom. The predicted molar refractivity (Wildman–Crippen MR) is 480 cm³/mol. The third kappa shape index (κ3) is 41.0. The number of hydrogen-bond acceptors (Lipinski definition) is 28. The van der Waals surface area contributed by atoms with Crippen LogP contribution in [0.4, 0.5) is 0 Å². The lowest BCUT2D eigenvalue weighted by molar-refractivity contribution is -0.605. The van der Waals surface area contributed by atoms with Gasteiger partial charge in [-0.05, 0) is 207 Å². The second-order valence-corrected chi connectivity index (χ2v) is 31.8. The Morgan fingerprint density at radius 2 is 1.04 bits per heavy atom. The Labute approximate surface area is 728 Å². The average Bonchev–Trinajstić information content (AvgIpc) is 0.877. The number of aromatic nitrogens is 5. The fourth-order valence-electron chi connectivity index (χ4n) is 14.0. The number of aliphatic imine (C=N–C) groups is 2. The lowest BCUT2D eigenvalue weighted by Gasteiger charge is -2.30. The normalized spacial score (nSPS) is 18.7. The van der Waals surface area contributed by atoms with Gasteiger partial charge in [-0.15, -0.1) is 0 Å². The minimum atomic E-state index is -0.600. The number of aliphatic hydroxyl groups is 5. The Bertz CT molecular complexity index is 4040. The molecule has 11 N–H and O–H groups in total. The number of halogens is 2. The molecule has 6 aliphatic rings. The first kappa shape index (κ1) is 98.4. The maximum Gasteiger partial charge on any atom is 0.190 e. The van der Waals surface area contributed by atoms with Gasteiger partial charge in [0, 0.05) is 123 Å². The number of likely N-dealkylation sites (tertiary alicyclic amines) is 5. The van der Waals surface area contributed by atoms with Crippen molar-refractivity contribution in [1.29, 1.82) is 0 Å². The lowest BCUT2D eigenvalue weighted by atomic mass is 10.1. The van der Waals surface area contributed by atoms with Crippen molar-refractivity contribution >= 4 is 67.9 Å². The van der Waals surface area contributed by atoms with Crippen molar-refractivity contribution in [2.75, 3.05) is 144 Å². The quantitative estimate of drug-likeness (QED) is 0.00602. The maximum atomic E-state index is 11.1. The van der Waals surface area contributed by atoms with Crippen molar-refractivity contribution in [1.82, 2.24) is 60.7 Å². The highest BCUT2D eigenvalue weighted by Crippen LogP contribution is 2.26. The number of fused-ring (bicyclic) bond motifs is 1. The van der Waals surface area contributed by atoms with Crippen molar-refractivity contribution in [2.24, 2.45) is 31.2 Å². The van der Waals surface area contributed by atoms with E-state index in [1.54, 1.807) is 98.1 Å². The summed E-state index contributed by atoms with van der Waals surface area (Å²) in [6.07, 6.45) is 36.9. The third-order valence-electron chi connectivity index (χ3n) is 20.3. The minimum Gasteiger partial charge on any atom is -0.619 e. The van der Waals surface area contributed by atoms with Crippen LogP contribution in [0.2, 0.25) is 0 Å². The molecule has 0 radical (unpaired) electrons. The largest absolute Gasteiger partial charge is 0.619 e. The van der Waals surface area contributed by atoms with E-state index in [1.165, 1.54) is 128 Å². The van der Waals surface area contributed by atoms with Crippen LogP contribution in [-0.4, -0.2) is 290 Å². The number of nitrogens with two attached hydrogens (primary N) is 1. The highest BCUT2D eigenvalue weighted by Gasteiger charge is 2.23. The molecule has 31 nitrogen and oxygen atoms in total. The number of piperidine rings is 4. The molecule has 5 fully saturated rings. The Balaban J connectivity index is 0.000000182. The molecule has 6 atom stereocenters. The maximum absolute atomic E-state index is 11.1. The number of benzene rings is 2. The molecule has 0 aliphatic carbocycles. The van der Waals surface area contributed by atoms with Gasteiger partial charge in [0.05, 0.1) is 30.9 Å². The van der Waals surface area contributed by atoms with Gasteiger partial charge in [-0.25, -0.2) is 5.48 Å². The first-order valence-electron chi connectivity index (χ1n) is 42.9. The van der Waals surface area contributed by atoms with Gasteiger partial charge in [0.25, 0.3) is 0 Å². The summed E-state index contributed by atoms with van der Waals surface area (Å²) in [5.74, 6) is 2.20. The molecule has 2 aromatic carbocycles. The molecule has 5 saturated heterocycles. The smallest absolute Gasteiger partial charge is 0.190 e. The van der Waals surface area contributed by atoms with Crippen molar-refractivity contribution in [3.63, 3.8) is 0 Å². The summed E-state index contributed by atoms with van der Waals surface area (Å²) in [5, 5.41) is 87.0. The zero-order valence-corrected chi connectivity index (χ0v) is 72.3. The van der Waals surface area contributed by atoms with E-state index in [0.717, 1.165) is 92.4 Å². The number of nitrogens with one attached hydrogen (secondary N) is 3. The third-order valence-corrected chi connectivity index (χ3v) is 20.9. The predicted octanol–water partition coefficient (Wildman–Crippen LogP) is 9.00. The summed E-state index contributed by atoms with van der Waals surface area (Å²) in [5.41, 5.74) is 14.5. The molecule has 0 bridgehead atoms. The van der Waals surface area contributed by atoms with Crippen LogP contribution in [0.25, 0.3) is 16.8 Å². The molecule has 5 aromatic heterocycles. The van der Waals surface area contributed by atoms with Crippen molar-refractivity contribution < 1.29 is 59.6 Å². The van der Waals surface area contributed by atoms with Gasteiger partial charge in [-0.3, -0.25) is 45.4 Å². The first-order chi connectivity index (χ1) is 59.5. The SMILES string of the molecule is CC(C)NCC(O)COc1cccc2ccccc12.N/C(=N\OCC(O)CN1CCCCC1)c1cccnc1.OC(CO/N=C(\Cl)c1cccnc1)CN1CCCCC1.ONC(/C=C/c1cccnc1)=NCC(O)CN1CCCCCC1.[O-][n+]1cccc(/C(Cl)=N/OCC(O)CN2CCCCC2)c1.c1cncc(C2=NC(CN3CCCCC3)CON2)c1. The number of aliphatic hydroxyl groups excluding tert-OH is 5. The van der Waals surface area contributed by atoms with E-state index >= 15 is 0 Å². The molecule has 6 aliphatic heterocycles. The van der Waals surface area contributed by atoms with E-state index in [0.29, 0.717) is 79.2 Å². The summed E-state index contributed by atoms with van der Waals surface area (Å²) >= 11 is 11.9. The average molecular weight is 1730 g/mol. The summed E-state index contributed by atoms with van der Waals surface area (Å²) in [6.45, 7) is 20.4. The van der Waals surface area contributed by atoms with Crippen LogP contribution < -0.4 is 31.5 Å². The van der Waals surface area contributed by atoms with Crippen LogP contribution in [0.5, 0.6) is 5.75 Å². The van der Waals surface area contributed by atoms with Gasteiger partial charge in [0.2, 0.25) is 0 Å². The van der Waals surface area contributed by atoms with Crippen LogP contribution in [0.1, 0.15) is 144 Å². The summed E-state index contributed by atoms with van der Waals surface area (Å²) in [7, 11) is 0. The zero-order valence-electron chi connectivity index (χ0n) is 70.8. The highest BCUT2D eigenvalue weighted by molar-refractivity contribution is 6.69. The summed E-state index contributed by atoms with van der Waals surface area (Å²) < 4.78 is 6.36. The van der Waals surface area contributed by atoms with Gasteiger partial charge in [-0.1, -0.05) is 134 Å². The Morgan fingerprint density at radius 1 is 0.557 bits per heavy atom. The second kappa shape index (κ2) is 58.9. The van der Waals surface area contributed by atoms with Crippen molar-refractivity contribution in [2.45, 2.75) is 159 Å². The molecule has 33 heteroatoms. The molecule has 122 heavy (non-hydrogen) atoms. The van der Waals surface area contributed by atoms with E-state index in [1.807, 2.05) is 54.6 Å². The van der Waals surface area contributed by atoms with Gasteiger partial charge in [-0.2, -0.15) is 4.73 Å². The summed E-state index contributed by atoms with van der Waals surface area (Å²) in [4.78, 5) is 57.3. The van der Waals surface area contributed by atoms with Gasteiger partial charge in [0.1, 0.15) is 62.4 Å². The Kier molecular flexibility index (Phi) is 47.6. The zero-order chi connectivity index (χ0) is 86.4. The number of pyridine rings is 5. The number of nitrogens with zero attached hydrogens (tertiary/aromatic N) is 15. The van der Waals surface area contributed by atoms with Crippen LogP contribution in [-0.2, 0) is 19.4 Å². The number of ether oxygens (including phenoxy) is 1. The fraction of sp³-hybridized carbons (Fsp3) is 0.528. The molecular weight excluding hydrogens is 1600 g/mol. The van der Waals surface area contributed by atoms with E-state index in [4.69, 9.17) is 63.2 Å². The van der Waals surface area contributed by atoms with Crippen LogP contribution in [0.15, 0.2) is 197 Å². The van der Waals surface area contributed by atoms with Gasteiger partial charge in [0.15, 0.2) is 34.4 Å². The van der Waals surface area contributed by atoms with Crippen LogP contribution in [0, 0.1) is 5.21 Å². The second-order valence-electron chi connectivity index (χ2n) is 31.1. The first-order valence-corrected chi connectivity index (χ1v) is 43.7. The number of amidine groups is 3. The number of hydrogen-bond donors (Lipinski definition) is 10. The van der Waals surface area contributed by atoms with Crippen molar-refractivity contribution in [3.8, 4) is 5.75 Å². The van der Waals surface area contributed by atoms with Gasteiger partial charge < -0.3 is 85.5 Å². The fourth-order valence-corrected chi connectivity index (χ4v) is 14.3. The molecule has 13 rings (SSSR count). The molecule has 0 amide bonds. The number of oxime groups is 3.